The van der Waals surface area contributed by atoms with Gasteiger partial charge in [-0.3, -0.25) is 4.79 Å². The van der Waals surface area contributed by atoms with Crippen molar-refractivity contribution in [2.24, 2.45) is 0 Å². The highest BCUT2D eigenvalue weighted by Crippen LogP contribution is 2.30. The summed E-state index contributed by atoms with van der Waals surface area (Å²) in [6.45, 7) is 0. The lowest BCUT2D eigenvalue weighted by Crippen LogP contribution is -2.12. The largest absolute Gasteiger partial charge is 0.496 e. The summed E-state index contributed by atoms with van der Waals surface area (Å²) in [5, 5.41) is 1.11. The average Bonchev–Trinajstić information content (AvgIpc) is 2.65. The van der Waals surface area contributed by atoms with Gasteiger partial charge in [0, 0.05) is 17.2 Å². The molecule has 132 valence electrons. The van der Waals surface area contributed by atoms with Crippen molar-refractivity contribution >= 4 is 34.4 Å². The number of ketones is 1. The molecule has 0 saturated heterocycles. The maximum Gasteiger partial charge on any atom is 0.347 e. The van der Waals surface area contributed by atoms with Crippen LogP contribution in [0.15, 0.2) is 57.8 Å². The van der Waals surface area contributed by atoms with E-state index in [1.54, 1.807) is 42.5 Å². The van der Waals surface area contributed by atoms with Crippen molar-refractivity contribution in [2.75, 3.05) is 14.2 Å². The molecular weight excluding hydrogens is 356 g/mol. The SMILES string of the molecule is COc1cc(OC)c2cc(C(=O)/C=C\c3ccc(Cl)cc3)c(=O)oc2c1. The molecule has 0 N–H and O–H groups in total. The van der Waals surface area contributed by atoms with Gasteiger partial charge in [0.15, 0.2) is 5.78 Å². The monoisotopic (exact) mass is 370 g/mol. The van der Waals surface area contributed by atoms with Gasteiger partial charge >= 0.3 is 5.63 Å². The molecule has 3 aromatic rings. The van der Waals surface area contributed by atoms with Crippen molar-refractivity contribution in [1.29, 1.82) is 0 Å². The van der Waals surface area contributed by atoms with E-state index in [9.17, 15) is 9.59 Å². The van der Waals surface area contributed by atoms with Crippen LogP contribution >= 0.6 is 11.6 Å². The maximum atomic E-state index is 12.4. The predicted octanol–water partition coefficient (Wildman–Crippen LogP) is 4.36. The molecule has 0 atom stereocenters. The first-order valence-electron chi connectivity index (χ1n) is 7.69. The summed E-state index contributed by atoms with van der Waals surface area (Å²) in [6.07, 6.45) is 2.92. The van der Waals surface area contributed by atoms with Crippen molar-refractivity contribution in [3.8, 4) is 11.5 Å². The molecule has 3 rings (SSSR count). The van der Waals surface area contributed by atoms with Gasteiger partial charge in [-0.15, -0.1) is 0 Å². The molecule has 0 amide bonds. The standard InChI is InChI=1S/C20H15ClO5/c1-24-14-9-18(25-2)16-11-15(20(23)26-19(16)10-14)17(22)8-5-12-3-6-13(21)7-4-12/h3-11H,1-2H3/b8-5-. The normalized spacial score (nSPS) is 11.0. The van der Waals surface area contributed by atoms with E-state index in [-0.39, 0.29) is 11.1 Å². The molecule has 0 radical (unpaired) electrons. The molecule has 1 heterocycles. The lowest BCUT2D eigenvalue weighted by molar-refractivity contribution is 0.104. The molecule has 0 aliphatic heterocycles. The first-order valence-corrected chi connectivity index (χ1v) is 8.07. The fourth-order valence-corrected chi connectivity index (χ4v) is 2.58. The Labute approximate surface area is 154 Å². The number of hydrogen-bond acceptors (Lipinski definition) is 5. The fraction of sp³-hybridized carbons (Fsp3) is 0.100. The third-order valence-electron chi connectivity index (χ3n) is 3.81. The second kappa shape index (κ2) is 7.45. The van der Waals surface area contributed by atoms with Gasteiger partial charge in [0.1, 0.15) is 22.6 Å². The van der Waals surface area contributed by atoms with E-state index in [1.165, 1.54) is 26.4 Å². The molecule has 5 nitrogen and oxygen atoms in total. The zero-order valence-corrected chi connectivity index (χ0v) is 14.9. The third-order valence-corrected chi connectivity index (χ3v) is 4.06. The number of carbonyl (C=O) groups excluding carboxylic acids is 1. The molecule has 0 saturated carbocycles. The Kier molecular flexibility index (Phi) is 5.09. The Morgan fingerprint density at radius 1 is 1.08 bits per heavy atom. The maximum absolute atomic E-state index is 12.4. The van der Waals surface area contributed by atoms with Gasteiger partial charge in [0.05, 0.1) is 19.6 Å². The Bertz CT molecular complexity index is 1050. The van der Waals surface area contributed by atoms with Gasteiger partial charge in [0.2, 0.25) is 0 Å². The number of fused-ring (bicyclic) bond motifs is 1. The van der Waals surface area contributed by atoms with E-state index < -0.39 is 11.4 Å². The zero-order chi connectivity index (χ0) is 18.7. The molecule has 2 aromatic carbocycles. The second-order valence-corrected chi connectivity index (χ2v) is 5.87. The topological polar surface area (TPSA) is 65.7 Å². The smallest absolute Gasteiger partial charge is 0.347 e. The van der Waals surface area contributed by atoms with Gasteiger partial charge in [-0.1, -0.05) is 29.8 Å². The van der Waals surface area contributed by atoms with Crippen LogP contribution in [0.4, 0.5) is 0 Å². The molecule has 0 fully saturated rings. The molecule has 0 spiro atoms. The fourth-order valence-electron chi connectivity index (χ4n) is 2.46. The first kappa shape index (κ1) is 17.8. The van der Waals surface area contributed by atoms with Crippen molar-refractivity contribution in [1.82, 2.24) is 0 Å². The van der Waals surface area contributed by atoms with Crippen LogP contribution < -0.4 is 15.1 Å². The second-order valence-electron chi connectivity index (χ2n) is 5.44. The van der Waals surface area contributed by atoms with Crippen LogP contribution in [0.1, 0.15) is 15.9 Å². The predicted molar refractivity (Wildman–Crippen MR) is 100 cm³/mol. The van der Waals surface area contributed by atoms with Crippen molar-refractivity contribution in [3.63, 3.8) is 0 Å². The van der Waals surface area contributed by atoms with E-state index in [4.69, 9.17) is 25.5 Å². The summed E-state index contributed by atoms with van der Waals surface area (Å²) >= 11 is 5.83. The Balaban J connectivity index is 2.01. The van der Waals surface area contributed by atoms with Gasteiger partial charge in [-0.05, 0) is 29.8 Å². The van der Waals surface area contributed by atoms with Crippen molar-refractivity contribution in [3.05, 3.63) is 75.1 Å². The number of ether oxygens (including phenoxy) is 2. The summed E-state index contributed by atoms with van der Waals surface area (Å²) in [5.74, 6) is 0.464. The van der Waals surface area contributed by atoms with Crippen molar-refractivity contribution < 1.29 is 18.7 Å². The van der Waals surface area contributed by atoms with Crippen LogP contribution in [-0.4, -0.2) is 20.0 Å². The lowest BCUT2D eigenvalue weighted by Gasteiger charge is -2.08. The van der Waals surface area contributed by atoms with E-state index in [1.807, 2.05) is 0 Å². The molecular formula is C20H15ClO5. The first-order chi connectivity index (χ1) is 12.5. The quantitative estimate of drug-likeness (QED) is 0.379. The van der Waals surface area contributed by atoms with E-state index in [0.717, 1.165) is 5.56 Å². The number of carbonyl (C=O) groups is 1. The van der Waals surface area contributed by atoms with Gasteiger partial charge in [-0.2, -0.15) is 0 Å². The molecule has 26 heavy (non-hydrogen) atoms. The summed E-state index contributed by atoms with van der Waals surface area (Å²) in [7, 11) is 2.99. The minimum absolute atomic E-state index is 0.0776. The van der Waals surface area contributed by atoms with E-state index in [0.29, 0.717) is 21.9 Å². The summed E-state index contributed by atoms with van der Waals surface area (Å²) in [6, 6.07) is 11.7. The van der Waals surface area contributed by atoms with Crippen LogP contribution in [0.5, 0.6) is 11.5 Å². The Morgan fingerprint density at radius 3 is 2.46 bits per heavy atom. The molecule has 0 bridgehead atoms. The Hall–Kier alpha value is -3.05. The highest BCUT2D eigenvalue weighted by Gasteiger charge is 2.15. The highest BCUT2D eigenvalue weighted by atomic mass is 35.5. The number of methoxy groups -OCH3 is 2. The lowest BCUT2D eigenvalue weighted by atomic mass is 10.1. The van der Waals surface area contributed by atoms with Gasteiger partial charge in [-0.25, -0.2) is 4.79 Å². The minimum atomic E-state index is -0.724. The zero-order valence-electron chi connectivity index (χ0n) is 14.1. The molecule has 6 heteroatoms. The number of allylic oxidation sites excluding steroid dienone is 1. The molecule has 0 aliphatic rings. The van der Waals surface area contributed by atoms with Gasteiger partial charge in [0.25, 0.3) is 0 Å². The third kappa shape index (κ3) is 3.63. The van der Waals surface area contributed by atoms with Crippen LogP contribution in [-0.2, 0) is 0 Å². The van der Waals surface area contributed by atoms with Crippen molar-refractivity contribution in [2.45, 2.75) is 0 Å². The number of halogens is 1. The summed E-state index contributed by atoms with van der Waals surface area (Å²) in [4.78, 5) is 24.6. The summed E-state index contributed by atoms with van der Waals surface area (Å²) < 4.78 is 15.7. The number of hydrogen-bond donors (Lipinski definition) is 0. The molecule has 0 aliphatic carbocycles. The molecule has 0 unspecified atom stereocenters. The minimum Gasteiger partial charge on any atom is -0.496 e. The summed E-state index contributed by atoms with van der Waals surface area (Å²) in [5.41, 5.74) is 0.268. The average molecular weight is 371 g/mol. The molecule has 1 aromatic heterocycles. The van der Waals surface area contributed by atoms with Crippen LogP contribution in [0.25, 0.3) is 17.0 Å². The Morgan fingerprint density at radius 2 is 1.81 bits per heavy atom. The number of rotatable bonds is 5. The van der Waals surface area contributed by atoms with Crippen LogP contribution in [0.2, 0.25) is 5.02 Å². The highest BCUT2D eigenvalue weighted by molar-refractivity contribution is 6.30. The van der Waals surface area contributed by atoms with E-state index >= 15 is 0 Å². The van der Waals surface area contributed by atoms with E-state index in [2.05, 4.69) is 0 Å². The van der Waals surface area contributed by atoms with Gasteiger partial charge < -0.3 is 13.9 Å². The number of benzene rings is 2. The van der Waals surface area contributed by atoms with Crippen LogP contribution in [0.3, 0.4) is 0 Å². The van der Waals surface area contributed by atoms with Crippen LogP contribution in [0, 0.1) is 0 Å².